The third-order valence-electron chi connectivity index (χ3n) is 3.76. The van der Waals surface area contributed by atoms with E-state index in [9.17, 15) is 4.39 Å². The Bertz CT molecular complexity index is 1040. The maximum atomic E-state index is 14.1. The number of anilines is 1. The Balaban J connectivity index is 1.85. The lowest BCUT2D eigenvalue weighted by molar-refractivity contribution is 0.445. The van der Waals surface area contributed by atoms with E-state index >= 15 is 0 Å². The molecule has 3 heterocycles. The predicted molar refractivity (Wildman–Crippen MR) is 88.3 cm³/mol. The van der Waals surface area contributed by atoms with E-state index in [0.717, 1.165) is 16.8 Å². The number of ether oxygens (including phenoxy) is 1. The van der Waals surface area contributed by atoms with Gasteiger partial charge in [-0.1, -0.05) is 0 Å². The number of rotatable bonds is 3. The molecule has 6 nitrogen and oxygen atoms in total. The molecule has 2 N–H and O–H groups in total. The van der Waals surface area contributed by atoms with Gasteiger partial charge in [-0.05, 0) is 24.3 Å². The molecule has 0 amide bonds. The summed E-state index contributed by atoms with van der Waals surface area (Å²) in [7, 11) is 1.90. The molecule has 0 aliphatic carbocycles. The number of hydrogen-bond donors (Lipinski definition) is 1. The van der Waals surface area contributed by atoms with E-state index in [-0.39, 0.29) is 5.75 Å². The van der Waals surface area contributed by atoms with Gasteiger partial charge >= 0.3 is 0 Å². The van der Waals surface area contributed by atoms with Gasteiger partial charge in [0, 0.05) is 30.6 Å². The van der Waals surface area contributed by atoms with E-state index < -0.39 is 5.82 Å². The van der Waals surface area contributed by atoms with Crippen molar-refractivity contribution < 1.29 is 9.13 Å². The second-order valence-corrected chi connectivity index (χ2v) is 5.44. The standard InChI is InChI=1S/C17H14FN5O/c1-22-10-20-8-15(22)11-6-17(14-4-5-21-23(14)9-11)24-16-3-2-12(19)7-13(16)18/h2-10H,19H2,1H3. The molecular formula is C17H14FN5O. The van der Waals surface area contributed by atoms with Gasteiger partial charge in [-0.2, -0.15) is 5.10 Å². The average molecular weight is 323 g/mol. The van der Waals surface area contributed by atoms with Crippen molar-refractivity contribution in [1.82, 2.24) is 19.2 Å². The van der Waals surface area contributed by atoms with Crippen LogP contribution in [0.3, 0.4) is 0 Å². The van der Waals surface area contributed by atoms with Crippen molar-refractivity contribution in [2.45, 2.75) is 0 Å². The number of hydrogen-bond acceptors (Lipinski definition) is 4. The molecule has 0 bridgehead atoms. The van der Waals surface area contributed by atoms with E-state index in [4.69, 9.17) is 10.5 Å². The zero-order chi connectivity index (χ0) is 16.7. The highest BCUT2D eigenvalue weighted by atomic mass is 19.1. The number of aryl methyl sites for hydroxylation is 1. The lowest BCUT2D eigenvalue weighted by Gasteiger charge is -2.11. The largest absolute Gasteiger partial charge is 0.452 e. The van der Waals surface area contributed by atoms with Gasteiger partial charge in [0.2, 0.25) is 0 Å². The highest BCUT2D eigenvalue weighted by Gasteiger charge is 2.13. The molecule has 4 aromatic rings. The van der Waals surface area contributed by atoms with Crippen LogP contribution in [0.5, 0.6) is 11.5 Å². The number of nitrogens with two attached hydrogens (primary N) is 1. The molecule has 0 fully saturated rings. The van der Waals surface area contributed by atoms with Gasteiger partial charge in [0.25, 0.3) is 0 Å². The summed E-state index contributed by atoms with van der Waals surface area (Å²) in [5.41, 5.74) is 8.42. The van der Waals surface area contributed by atoms with E-state index in [1.54, 1.807) is 35.4 Å². The van der Waals surface area contributed by atoms with Gasteiger partial charge < -0.3 is 15.0 Å². The van der Waals surface area contributed by atoms with Crippen LogP contribution in [0.1, 0.15) is 0 Å². The first-order valence-electron chi connectivity index (χ1n) is 7.29. The van der Waals surface area contributed by atoms with E-state index in [0.29, 0.717) is 11.4 Å². The quantitative estimate of drug-likeness (QED) is 0.588. The molecule has 1 aromatic carbocycles. The minimum Gasteiger partial charge on any atom is -0.452 e. The van der Waals surface area contributed by atoms with Crippen molar-refractivity contribution in [2.75, 3.05) is 5.73 Å². The number of nitrogen functional groups attached to an aromatic ring is 1. The third kappa shape index (κ3) is 2.36. The topological polar surface area (TPSA) is 70.4 Å². The first-order chi connectivity index (χ1) is 11.6. The molecule has 0 aliphatic heterocycles. The Morgan fingerprint density at radius 1 is 1.17 bits per heavy atom. The molecule has 0 saturated heterocycles. The fraction of sp³-hybridized carbons (Fsp3) is 0.0588. The molecule has 120 valence electrons. The highest BCUT2D eigenvalue weighted by Crippen LogP contribution is 2.32. The average Bonchev–Trinajstić information content (AvgIpc) is 3.18. The summed E-state index contributed by atoms with van der Waals surface area (Å²) < 4.78 is 23.4. The van der Waals surface area contributed by atoms with E-state index in [1.165, 1.54) is 12.1 Å². The first-order valence-corrected chi connectivity index (χ1v) is 7.29. The number of nitrogens with zero attached hydrogens (tertiary/aromatic N) is 4. The molecule has 0 saturated carbocycles. The van der Waals surface area contributed by atoms with Crippen molar-refractivity contribution in [3.8, 4) is 22.8 Å². The van der Waals surface area contributed by atoms with Gasteiger partial charge in [-0.25, -0.2) is 13.9 Å². The summed E-state index contributed by atoms with van der Waals surface area (Å²) in [6.07, 6.45) is 6.99. The second-order valence-electron chi connectivity index (χ2n) is 5.44. The van der Waals surface area contributed by atoms with Crippen LogP contribution in [0.15, 0.2) is 55.2 Å². The summed E-state index contributed by atoms with van der Waals surface area (Å²) in [5.74, 6) is 0.0860. The number of halogens is 1. The van der Waals surface area contributed by atoms with Crippen LogP contribution >= 0.6 is 0 Å². The number of benzene rings is 1. The number of pyridine rings is 1. The first kappa shape index (κ1) is 14.3. The summed E-state index contributed by atoms with van der Waals surface area (Å²) in [4.78, 5) is 4.12. The molecule has 3 aromatic heterocycles. The van der Waals surface area contributed by atoms with Gasteiger partial charge in [0.15, 0.2) is 17.3 Å². The molecule has 0 atom stereocenters. The molecule has 0 spiro atoms. The van der Waals surface area contributed by atoms with E-state index in [1.807, 2.05) is 23.9 Å². The van der Waals surface area contributed by atoms with Crippen molar-refractivity contribution in [3.05, 3.63) is 61.1 Å². The van der Waals surface area contributed by atoms with Crippen LogP contribution in [0.2, 0.25) is 0 Å². The number of fused-ring (bicyclic) bond motifs is 1. The normalized spacial score (nSPS) is 11.1. The van der Waals surface area contributed by atoms with Crippen LogP contribution in [0, 0.1) is 5.82 Å². The highest BCUT2D eigenvalue weighted by molar-refractivity contribution is 5.69. The molecule has 0 aliphatic rings. The van der Waals surface area contributed by atoms with Gasteiger partial charge in [-0.15, -0.1) is 0 Å². The zero-order valence-electron chi connectivity index (χ0n) is 12.8. The number of aromatic nitrogens is 4. The fourth-order valence-electron chi connectivity index (χ4n) is 2.57. The number of imidazole rings is 1. The molecular weight excluding hydrogens is 309 g/mol. The third-order valence-corrected chi connectivity index (χ3v) is 3.76. The summed E-state index contributed by atoms with van der Waals surface area (Å²) in [6, 6.07) is 7.97. The summed E-state index contributed by atoms with van der Waals surface area (Å²) in [6.45, 7) is 0. The maximum Gasteiger partial charge on any atom is 0.167 e. The second kappa shape index (κ2) is 5.38. The fourth-order valence-corrected chi connectivity index (χ4v) is 2.57. The summed E-state index contributed by atoms with van der Waals surface area (Å²) >= 11 is 0. The Labute approximate surface area is 136 Å². The molecule has 4 rings (SSSR count). The molecule has 0 radical (unpaired) electrons. The van der Waals surface area contributed by atoms with Gasteiger partial charge in [-0.3, -0.25) is 0 Å². The van der Waals surface area contributed by atoms with Crippen LogP contribution < -0.4 is 10.5 Å². The zero-order valence-corrected chi connectivity index (χ0v) is 12.8. The van der Waals surface area contributed by atoms with Crippen LogP contribution in [-0.2, 0) is 7.05 Å². The SMILES string of the molecule is Cn1cncc1-c1cc(Oc2ccc(N)cc2F)c2ccnn2c1. The molecule has 7 heteroatoms. The van der Waals surface area contributed by atoms with Crippen LogP contribution in [0.4, 0.5) is 10.1 Å². The van der Waals surface area contributed by atoms with Crippen molar-refractivity contribution in [3.63, 3.8) is 0 Å². The Kier molecular flexibility index (Phi) is 3.19. The Morgan fingerprint density at radius 2 is 2.04 bits per heavy atom. The minimum absolute atomic E-state index is 0.106. The Morgan fingerprint density at radius 3 is 2.79 bits per heavy atom. The molecule has 24 heavy (non-hydrogen) atoms. The smallest absolute Gasteiger partial charge is 0.167 e. The van der Waals surface area contributed by atoms with Crippen molar-refractivity contribution in [1.29, 1.82) is 0 Å². The minimum atomic E-state index is -0.515. The monoisotopic (exact) mass is 323 g/mol. The maximum absolute atomic E-state index is 14.1. The lowest BCUT2D eigenvalue weighted by Crippen LogP contribution is -1.97. The van der Waals surface area contributed by atoms with Crippen LogP contribution in [-0.4, -0.2) is 19.2 Å². The van der Waals surface area contributed by atoms with Crippen molar-refractivity contribution >= 4 is 11.2 Å². The predicted octanol–water partition coefficient (Wildman–Crippen LogP) is 3.25. The van der Waals surface area contributed by atoms with Crippen LogP contribution in [0.25, 0.3) is 16.8 Å². The van der Waals surface area contributed by atoms with E-state index in [2.05, 4.69) is 10.1 Å². The molecule has 0 unspecified atom stereocenters. The van der Waals surface area contributed by atoms with Crippen molar-refractivity contribution in [2.24, 2.45) is 7.05 Å². The Hall–Kier alpha value is -3.35. The van der Waals surface area contributed by atoms with Gasteiger partial charge in [0.1, 0.15) is 5.52 Å². The summed E-state index contributed by atoms with van der Waals surface area (Å²) in [5, 5.41) is 4.25. The lowest BCUT2D eigenvalue weighted by atomic mass is 10.2. The van der Waals surface area contributed by atoms with Gasteiger partial charge in [0.05, 0.1) is 24.4 Å².